The highest BCUT2D eigenvalue weighted by atomic mass is 16.5. The molecule has 0 unspecified atom stereocenters. The number of hydrogen-bond donors (Lipinski definition) is 1. The van der Waals surface area contributed by atoms with Gasteiger partial charge in [-0.15, -0.1) is 0 Å². The van der Waals surface area contributed by atoms with Crippen LogP contribution in [0, 0.1) is 0 Å². The minimum absolute atomic E-state index is 0.142. The Morgan fingerprint density at radius 3 is 2.90 bits per heavy atom. The Morgan fingerprint density at radius 1 is 1.29 bits per heavy atom. The summed E-state index contributed by atoms with van der Waals surface area (Å²) in [6.07, 6.45) is 1.68. The van der Waals surface area contributed by atoms with E-state index in [0.29, 0.717) is 22.8 Å². The molecule has 1 amide bonds. The van der Waals surface area contributed by atoms with Crippen molar-refractivity contribution in [3.05, 3.63) is 48.3 Å². The molecule has 0 spiro atoms. The molecule has 2 aromatic heterocycles. The Balaban J connectivity index is 1.71. The summed E-state index contributed by atoms with van der Waals surface area (Å²) in [5, 5.41) is 7.54. The number of carbonyl (C=O) groups excluding carboxylic acids is 1. The molecule has 0 bridgehead atoms. The Hall–Kier alpha value is -2.89. The molecule has 106 valence electrons. The molecular weight excluding hydrogens is 270 g/mol. The first-order valence-electron chi connectivity index (χ1n) is 6.39. The van der Waals surface area contributed by atoms with Crippen molar-refractivity contribution in [1.82, 2.24) is 10.1 Å². The summed E-state index contributed by atoms with van der Waals surface area (Å²) in [7, 11) is 1.54. The van der Waals surface area contributed by atoms with Crippen molar-refractivity contribution in [3.8, 4) is 5.88 Å². The molecule has 6 nitrogen and oxygen atoms in total. The largest absolute Gasteiger partial charge is 0.481 e. The van der Waals surface area contributed by atoms with Crippen LogP contribution < -0.4 is 10.1 Å². The van der Waals surface area contributed by atoms with Crippen LogP contribution in [0.2, 0.25) is 0 Å². The maximum Gasteiger partial charge on any atom is 0.230 e. The Labute approximate surface area is 120 Å². The van der Waals surface area contributed by atoms with Gasteiger partial charge in [-0.05, 0) is 18.2 Å². The Kier molecular flexibility index (Phi) is 3.51. The first-order valence-corrected chi connectivity index (χ1v) is 6.39. The van der Waals surface area contributed by atoms with Crippen molar-refractivity contribution < 1.29 is 14.1 Å². The summed E-state index contributed by atoms with van der Waals surface area (Å²) in [4.78, 5) is 16.1. The number of anilines is 1. The van der Waals surface area contributed by atoms with Crippen LogP contribution in [0.3, 0.4) is 0 Å². The number of ether oxygens (including phenoxy) is 1. The van der Waals surface area contributed by atoms with E-state index in [1.807, 2.05) is 24.3 Å². The predicted octanol–water partition coefficient (Wildman–Crippen LogP) is 2.41. The average molecular weight is 283 g/mol. The highest BCUT2D eigenvalue weighted by Gasteiger charge is 2.12. The highest BCUT2D eigenvalue weighted by Crippen LogP contribution is 2.18. The lowest BCUT2D eigenvalue weighted by Crippen LogP contribution is -2.14. The zero-order valence-corrected chi connectivity index (χ0v) is 11.4. The zero-order chi connectivity index (χ0) is 14.7. The lowest BCUT2D eigenvalue weighted by Gasteiger charge is -2.04. The second kappa shape index (κ2) is 5.62. The van der Waals surface area contributed by atoms with Gasteiger partial charge in [-0.1, -0.05) is 17.3 Å². The topological polar surface area (TPSA) is 77.2 Å². The van der Waals surface area contributed by atoms with Gasteiger partial charge in [0.2, 0.25) is 11.8 Å². The summed E-state index contributed by atoms with van der Waals surface area (Å²) in [6, 6.07) is 10.8. The molecule has 0 atom stereocenters. The molecule has 0 saturated heterocycles. The van der Waals surface area contributed by atoms with Crippen LogP contribution in [-0.2, 0) is 11.2 Å². The average Bonchev–Trinajstić information content (AvgIpc) is 2.91. The molecule has 0 aliphatic rings. The highest BCUT2D eigenvalue weighted by molar-refractivity contribution is 5.94. The van der Waals surface area contributed by atoms with Gasteiger partial charge >= 0.3 is 0 Å². The lowest BCUT2D eigenvalue weighted by molar-refractivity contribution is -0.115. The fraction of sp³-hybridized carbons (Fsp3) is 0.133. The van der Waals surface area contributed by atoms with E-state index in [9.17, 15) is 4.79 Å². The monoisotopic (exact) mass is 283 g/mol. The van der Waals surface area contributed by atoms with E-state index in [2.05, 4.69) is 15.5 Å². The summed E-state index contributed by atoms with van der Waals surface area (Å²) < 4.78 is 10.1. The number of nitrogens with one attached hydrogen (secondary N) is 1. The van der Waals surface area contributed by atoms with Crippen molar-refractivity contribution in [3.63, 3.8) is 0 Å². The number of nitrogens with zero attached hydrogens (tertiary/aromatic N) is 2. The smallest absolute Gasteiger partial charge is 0.230 e. The Morgan fingerprint density at radius 2 is 2.14 bits per heavy atom. The van der Waals surface area contributed by atoms with Crippen LogP contribution in [0.5, 0.6) is 5.88 Å². The maximum absolute atomic E-state index is 12.0. The third kappa shape index (κ3) is 2.84. The summed E-state index contributed by atoms with van der Waals surface area (Å²) in [5.41, 5.74) is 1.89. The zero-order valence-electron chi connectivity index (χ0n) is 11.4. The van der Waals surface area contributed by atoms with Gasteiger partial charge in [0.05, 0.1) is 25.4 Å². The van der Waals surface area contributed by atoms with E-state index in [0.717, 1.165) is 5.39 Å². The summed E-state index contributed by atoms with van der Waals surface area (Å²) >= 11 is 0. The van der Waals surface area contributed by atoms with Gasteiger partial charge in [0.1, 0.15) is 5.69 Å². The molecule has 21 heavy (non-hydrogen) atoms. The number of pyridine rings is 1. The number of para-hydroxylation sites is 1. The quantitative estimate of drug-likeness (QED) is 0.795. The van der Waals surface area contributed by atoms with Gasteiger partial charge in [-0.25, -0.2) is 4.98 Å². The fourth-order valence-corrected chi connectivity index (χ4v) is 2.00. The van der Waals surface area contributed by atoms with E-state index in [-0.39, 0.29) is 12.3 Å². The summed E-state index contributed by atoms with van der Waals surface area (Å²) in [5.74, 6) is 0.316. The number of amides is 1. The molecule has 0 aliphatic heterocycles. The minimum atomic E-state index is -0.180. The van der Waals surface area contributed by atoms with Crippen molar-refractivity contribution in [1.29, 1.82) is 0 Å². The molecule has 0 fully saturated rings. The van der Waals surface area contributed by atoms with Crippen LogP contribution in [-0.4, -0.2) is 23.2 Å². The number of rotatable bonds is 4. The van der Waals surface area contributed by atoms with Crippen LogP contribution in [0.4, 0.5) is 5.69 Å². The van der Waals surface area contributed by atoms with E-state index < -0.39 is 0 Å². The molecule has 0 saturated carbocycles. The van der Waals surface area contributed by atoms with Gasteiger partial charge < -0.3 is 14.6 Å². The first kappa shape index (κ1) is 13.1. The molecule has 3 aromatic rings. The van der Waals surface area contributed by atoms with Crippen molar-refractivity contribution in [2.75, 3.05) is 12.4 Å². The number of carbonyl (C=O) groups is 1. The molecule has 0 aliphatic carbocycles. The first-order chi connectivity index (χ1) is 10.3. The molecule has 2 heterocycles. The van der Waals surface area contributed by atoms with Gasteiger partial charge in [-0.3, -0.25) is 4.79 Å². The maximum atomic E-state index is 12.0. The second-order valence-electron chi connectivity index (χ2n) is 4.44. The number of hydrogen-bond acceptors (Lipinski definition) is 5. The predicted molar refractivity (Wildman–Crippen MR) is 77.1 cm³/mol. The third-order valence-corrected chi connectivity index (χ3v) is 3.01. The van der Waals surface area contributed by atoms with Crippen molar-refractivity contribution >= 4 is 22.6 Å². The number of fused-ring (bicyclic) bond motifs is 1. The SMILES string of the molecule is COc1ccc(NC(=O)Cc2noc3ccccc23)cn1. The second-order valence-corrected chi connectivity index (χ2v) is 4.44. The van der Waals surface area contributed by atoms with E-state index in [1.165, 1.54) is 13.3 Å². The normalized spacial score (nSPS) is 10.5. The minimum Gasteiger partial charge on any atom is -0.481 e. The molecule has 3 rings (SSSR count). The molecular formula is C15H13N3O3. The van der Waals surface area contributed by atoms with Crippen LogP contribution in [0.15, 0.2) is 47.1 Å². The lowest BCUT2D eigenvalue weighted by atomic mass is 10.1. The van der Waals surface area contributed by atoms with Gasteiger partial charge in [0, 0.05) is 11.5 Å². The standard InChI is InChI=1S/C15H13N3O3/c1-20-15-7-6-10(9-16-15)17-14(19)8-12-11-4-2-3-5-13(11)21-18-12/h2-7,9H,8H2,1H3,(H,17,19). The third-order valence-electron chi connectivity index (χ3n) is 3.01. The van der Waals surface area contributed by atoms with Crippen LogP contribution in [0.1, 0.15) is 5.69 Å². The summed E-state index contributed by atoms with van der Waals surface area (Å²) in [6.45, 7) is 0. The van der Waals surface area contributed by atoms with Gasteiger partial charge in [0.25, 0.3) is 0 Å². The number of aromatic nitrogens is 2. The van der Waals surface area contributed by atoms with Crippen LogP contribution in [0.25, 0.3) is 11.0 Å². The van der Waals surface area contributed by atoms with E-state index in [4.69, 9.17) is 9.26 Å². The van der Waals surface area contributed by atoms with Gasteiger partial charge in [0.15, 0.2) is 5.58 Å². The van der Waals surface area contributed by atoms with Crippen molar-refractivity contribution in [2.45, 2.75) is 6.42 Å². The van der Waals surface area contributed by atoms with E-state index in [1.54, 1.807) is 12.1 Å². The molecule has 1 aromatic carbocycles. The van der Waals surface area contributed by atoms with E-state index >= 15 is 0 Å². The van der Waals surface area contributed by atoms with Crippen LogP contribution >= 0.6 is 0 Å². The molecule has 0 radical (unpaired) electrons. The number of benzene rings is 1. The fourth-order valence-electron chi connectivity index (χ4n) is 2.00. The molecule has 6 heteroatoms. The number of methoxy groups -OCH3 is 1. The van der Waals surface area contributed by atoms with Crippen molar-refractivity contribution in [2.24, 2.45) is 0 Å². The molecule has 1 N–H and O–H groups in total. The Bertz CT molecular complexity index is 765. The van der Waals surface area contributed by atoms with Gasteiger partial charge in [-0.2, -0.15) is 0 Å².